The number of sulfonamides is 1. The van der Waals surface area contributed by atoms with Crippen LogP contribution in [-0.4, -0.2) is 30.7 Å². The lowest BCUT2D eigenvalue weighted by atomic mass is 10.0. The molecule has 0 aromatic heterocycles. The summed E-state index contributed by atoms with van der Waals surface area (Å²) in [7, 11) is -3.76. The van der Waals surface area contributed by atoms with Crippen molar-refractivity contribution in [3.8, 4) is 6.07 Å². The molecule has 1 heterocycles. The van der Waals surface area contributed by atoms with Gasteiger partial charge < -0.3 is 0 Å². The molecule has 1 fully saturated rings. The molecule has 21 heavy (non-hydrogen) atoms. The first-order valence-corrected chi connectivity index (χ1v) is 7.95. The largest absolute Gasteiger partial charge is 0.273 e. The van der Waals surface area contributed by atoms with Crippen LogP contribution in [0.15, 0.2) is 23.1 Å². The van der Waals surface area contributed by atoms with E-state index in [4.69, 9.17) is 5.26 Å². The minimum atomic E-state index is -3.76. The highest BCUT2D eigenvalue weighted by Crippen LogP contribution is 2.29. The quantitative estimate of drug-likeness (QED) is 0.625. The van der Waals surface area contributed by atoms with E-state index in [0.717, 1.165) is 0 Å². The van der Waals surface area contributed by atoms with Gasteiger partial charge in [-0.2, -0.15) is 9.57 Å². The maximum absolute atomic E-state index is 12.6. The molecule has 0 spiro atoms. The van der Waals surface area contributed by atoms with Gasteiger partial charge in [0.25, 0.3) is 5.69 Å². The van der Waals surface area contributed by atoms with Crippen LogP contribution in [0, 0.1) is 34.3 Å². The van der Waals surface area contributed by atoms with Crippen molar-refractivity contribution in [2.45, 2.75) is 24.7 Å². The van der Waals surface area contributed by atoms with Crippen molar-refractivity contribution in [2.75, 3.05) is 13.1 Å². The fourth-order valence-electron chi connectivity index (χ4n) is 2.44. The second-order valence-electron chi connectivity index (χ2n) is 4.96. The minimum absolute atomic E-state index is 0.0351. The number of hydrogen-bond acceptors (Lipinski definition) is 5. The predicted molar refractivity (Wildman–Crippen MR) is 74.9 cm³/mol. The van der Waals surface area contributed by atoms with Crippen LogP contribution in [0.2, 0.25) is 0 Å². The zero-order chi connectivity index (χ0) is 15.6. The van der Waals surface area contributed by atoms with Crippen molar-refractivity contribution >= 4 is 15.7 Å². The van der Waals surface area contributed by atoms with E-state index in [0.29, 0.717) is 12.8 Å². The highest BCUT2D eigenvalue weighted by molar-refractivity contribution is 7.89. The first-order valence-electron chi connectivity index (χ1n) is 6.51. The Kier molecular flexibility index (Phi) is 4.25. The highest BCUT2D eigenvalue weighted by Gasteiger charge is 2.32. The smallest absolute Gasteiger partial charge is 0.258 e. The SMILES string of the molecule is Cc1c([N+](=O)[O-])cccc1S(=O)(=O)N1CCC(C#N)CC1. The molecule has 7 nitrogen and oxygen atoms in total. The third kappa shape index (κ3) is 2.89. The fraction of sp³-hybridized carbons (Fsp3) is 0.462. The standard InChI is InChI=1S/C13H15N3O4S/c1-10-12(16(17)18)3-2-4-13(10)21(19,20)15-7-5-11(9-14)6-8-15/h2-4,11H,5-8H2,1H3. The van der Waals surface area contributed by atoms with E-state index in [9.17, 15) is 18.5 Å². The maximum atomic E-state index is 12.6. The molecule has 2 rings (SSSR count). The number of nitrogens with zero attached hydrogens (tertiary/aromatic N) is 3. The van der Waals surface area contributed by atoms with Gasteiger partial charge in [-0.1, -0.05) is 6.07 Å². The summed E-state index contributed by atoms with van der Waals surface area (Å²) in [6.45, 7) is 1.97. The molecule has 1 aromatic carbocycles. The lowest BCUT2D eigenvalue weighted by Crippen LogP contribution is -2.38. The third-order valence-electron chi connectivity index (χ3n) is 3.71. The van der Waals surface area contributed by atoms with Crippen LogP contribution in [0.25, 0.3) is 0 Å². The first-order chi connectivity index (χ1) is 9.87. The van der Waals surface area contributed by atoms with E-state index >= 15 is 0 Å². The average Bonchev–Trinajstić information content (AvgIpc) is 2.47. The molecule has 0 bridgehead atoms. The summed E-state index contributed by atoms with van der Waals surface area (Å²) < 4.78 is 26.5. The van der Waals surface area contributed by atoms with Gasteiger partial charge in [0.15, 0.2) is 0 Å². The monoisotopic (exact) mass is 309 g/mol. The van der Waals surface area contributed by atoms with E-state index in [2.05, 4.69) is 6.07 Å². The second-order valence-corrected chi connectivity index (χ2v) is 6.87. The predicted octanol–water partition coefficient (Wildman–Crippen LogP) is 1.83. The molecule has 0 radical (unpaired) electrons. The van der Waals surface area contributed by atoms with Crippen LogP contribution in [0.4, 0.5) is 5.69 Å². The maximum Gasteiger partial charge on any atom is 0.273 e. The van der Waals surface area contributed by atoms with Crippen LogP contribution < -0.4 is 0 Å². The lowest BCUT2D eigenvalue weighted by molar-refractivity contribution is -0.385. The number of benzene rings is 1. The Labute approximate surface area is 123 Å². The van der Waals surface area contributed by atoms with Gasteiger partial charge in [-0.3, -0.25) is 10.1 Å². The molecule has 0 atom stereocenters. The van der Waals surface area contributed by atoms with E-state index in [1.54, 1.807) is 0 Å². The zero-order valence-corrected chi connectivity index (χ0v) is 12.3. The summed E-state index contributed by atoms with van der Waals surface area (Å²) in [4.78, 5) is 10.3. The molecule has 1 saturated heterocycles. The van der Waals surface area contributed by atoms with Crippen molar-refractivity contribution in [1.82, 2.24) is 4.31 Å². The Hall–Kier alpha value is -1.98. The van der Waals surface area contributed by atoms with Gasteiger partial charge >= 0.3 is 0 Å². The van der Waals surface area contributed by atoms with E-state index in [1.165, 1.54) is 29.4 Å². The van der Waals surface area contributed by atoms with Crippen molar-refractivity contribution in [1.29, 1.82) is 5.26 Å². The minimum Gasteiger partial charge on any atom is -0.258 e. The summed E-state index contributed by atoms with van der Waals surface area (Å²) in [5.74, 6) is -0.123. The van der Waals surface area contributed by atoms with E-state index in [1.807, 2.05) is 0 Å². The molecule has 1 aliphatic heterocycles. The Morgan fingerprint density at radius 1 is 1.38 bits per heavy atom. The highest BCUT2D eigenvalue weighted by atomic mass is 32.2. The lowest BCUT2D eigenvalue weighted by Gasteiger charge is -2.28. The summed E-state index contributed by atoms with van der Waals surface area (Å²) in [5.41, 5.74) is -0.0621. The number of piperidine rings is 1. The third-order valence-corrected chi connectivity index (χ3v) is 5.75. The van der Waals surface area contributed by atoms with Gasteiger partial charge in [-0.25, -0.2) is 8.42 Å². The molecule has 0 N–H and O–H groups in total. The summed E-state index contributed by atoms with van der Waals surface area (Å²) >= 11 is 0. The molecule has 112 valence electrons. The number of rotatable bonds is 3. The Bertz CT molecular complexity index is 701. The zero-order valence-electron chi connectivity index (χ0n) is 11.5. The summed E-state index contributed by atoms with van der Waals surface area (Å²) in [6.07, 6.45) is 0.980. The van der Waals surface area contributed by atoms with E-state index < -0.39 is 14.9 Å². The average molecular weight is 309 g/mol. The van der Waals surface area contributed by atoms with Crippen molar-refractivity contribution in [2.24, 2.45) is 5.92 Å². The molecule has 8 heteroatoms. The summed E-state index contributed by atoms with van der Waals surface area (Å²) in [6, 6.07) is 6.19. The Morgan fingerprint density at radius 3 is 2.52 bits per heavy atom. The van der Waals surface area contributed by atoms with Gasteiger partial charge in [0.1, 0.15) is 0 Å². The molecule has 0 aliphatic carbocycles. The molecule has 0 saturated carbocycles. The fourth-order valence-corrected chi connectivity index (χ4v) is 4.16. The van der Waals surface area contributed by atoms with Gasteiger partial charge in [0, 0.05) is 30.6 Å². The first kappa shape index (κ1) is 15.4. The van der Waals surface area contributed by atoms with Crippen molar-refractivity contribution < 1.29 is 13.3 Å². The van der Waals surface area contributed by atoms with Crippen molar-refractivity contribution in [3.05, 3.63) is 33.9 Å². The van der Waals surface area contributed by atoms with Crippen LogP contribution >= 0.6 is 0 Å². The Balaban J connectivity index is 2.35. The summed E-state index contributed by atoms with van der Waals surface area (Å²) in [5, 5.41) is 19.8. The molecular formula is C13H15N3O4S. The van der Waals surface area contributed by atoms with Crippen molar-refractivity contribution in [3.63, 3.8) is 0 Å². The number of nitro groups is 1. The molecule has 1 aromatic rings. The van der Waals surface area contributed by atoms with E-state index in [-0.39, 0.29) is 35.2 Å². The van der Waals surface area contributed by atoms with Crippen LogP contribution in [0.1, 0.15) is 18.4 Å². The van der Waals surface area contributed by atoms with Crippen LogP contribution in [-0.2, 0) is 10.0 Å². The van der Waals surface area contributed by atoms with Gasteiger partial charge in [0.05, 0.1) is 15.9 Å². The normalized spacial score (nSPS) is 17.3. The number of nitriles is 1. The molecule has 1 aliphatic rings. The molecular weight excluding hydrogens is 294 g/mol. The van der Waals surface area contributed by atoms with Gasteiger partial charge in [0.2, 0.25) is 10.0 Å². The van der Waals surface area contributed by atoms with Gasteiger partial charge in [-0.15, -0.1) is 0 Å². The number of hydrogen-bond donors (Lipinski definition) is 0. The Morgan fingerprint density at radius 2 is 2.00 bits per heavy atom. The number of nitro benzene ring substituents is 1. The van der Waals surface area contributed by atoms with Crippen LogP contribution in [0.3, 0.4) is 0 Å². The van der Waals surface area contributed by atoms with Gasteiger partial charge in [-0.05, 0) is 25.8 Å². The topological polar surface area (TPSA) is 104 Å². The molecule has 0 unspecified atom stereocenters. The van der Waals surface area contributed by atoms with Crippen LogP contribution in [0.5, 0.6) is 0 Å². The second kappa shape index (κ2) is 5.79. The molecule has 0 amide bonds.